The van der Waals surface area contributed by atoms with E-state index in [9.17, 15) is 24.3 Å². The monoisotopic (exact) mass is 507 g/mol. The lowest BCUT2D eigenvalue weighted by atomic mass is 10.0. The van der Waals surface area contributed by atoms with E-state index in [1.807, 2.05) is 19.9 Å². The molecule has 0 spiro atoms. The Morgan fingerprint density at radius 1 is 0.833 bits per heavy atom. The maximum absolute atomic E-state index is 13.2. The molecule has 0 aromatic heterocycles. The molecule has 0 aliphatic heterocycles. The summed E-state index contributed by atoms with van der Waals surface area (Å²) in [5.41, 5.74) is 17.3. The molecule has 0 fully saturated rings. The highest BCUT2D eigenvalue weighted by atomic mass is 16.4. The van der Waals surface area contributed by atoms with Crippen molar-refractivity contribution in [3.8, 4) is 0 Å². The Labute approximate surface area is 212 Å². The lowest BCUT2D eigenvalue weighted by Crippen LogP contribution is -2.57. The Kier molecular flexibility index (Phi) is 13.6. The number of carbonyl (C=O) groups excluding carboxylic acids is 3. The van der Waals surface area contributed by atoms with Crippen molar-refractivity contribution in [2.45, 2.75) is 76.9 Å². The van der Waals surface area contributed by atoms with Gasteiger partial charge in [-0.15, -0.1) is 0 Å². The van der Waals surface area contributed by atoms with Crippen molar-refractivity contribution < 1.29 is 24.3 Å². The first-order chi connectivity index (χ1) is 16.9. The van der Waals surface area contributed by atoms with Gasteiger partial charge >= 0.3 is 5.97 Å². The molecule has 202 valence electrons. The van der Waals surface area contributed by atoms with Crippen molar-refractivity contribution in [3.63, 3.8) is 0 Å². The first kappa shape index (κ1) is 31.0. The van der Waals surface area contributed by atoms with Crippen LogP contribution in [0.2, 0.25) is 0 Å². The van der Waals surface area contributed by atoms with Gasteiger partial charge in [0.2, 0.25) is 17.7 Å². The molecule has 36 heavy (non-hydrogen) atoms. The van der Waals surface area contributed by atoms with E-state index in [4.69, 9.17) is 17.2 Å². The molecule has 0 heterocycles. The summed E-state index contributed by atoms with van der Waals surface area (Å²) in [6.45, 7) is 5.59. The van der Waals surface area contributed by atoms with E-state index in [0.717, 1.165) is 5.56 Å². The van der Waals surface area contributed by atoms with E-state index >= 15 is 0 Å². The molecular formula is C24H41N7O5. The summed E-state index contributed by atoms with van der Waals surface area (Å²) in [6, 6.07) is 5.02. The molecule has 1 aromatic carbocycles. The zero-order valence-electron chi connectivity index (χ0n) is 21.2. The van der Waals surface area contributed by atoms with Gasteiger partial charge < -0.3 is 38.3 Å². The van der Waals surface area contributed by atoms with E-state index < -0.39 is 54.1 Å². The Morgan fingerprint density at radius 3 is 1.92 bits per heavy atom. The number of nitrogens with two attached hydrogens (primary N) is 3. The van der Waals surface area contributed by atoms with Gasteiger partial charge in [0.05, 0.1) is 6.04 Å². The minimum Gasteiger partial charge on any atom is -0.480 e. The lowest BCUT2D eigenvalue weighted by Gasteiger charge is -2.25. The highest BCUT2D eigenvalue weighted by Crippen LogP contribution is 2.09. The van der Waals surface area contributed by atoms with E-state index in [1.54, 1.807) is 24.3 Å². The zero-order valence-corrected chi connectivity index (χ0v) is 21.2. The fraction of sp³-hybridized carbons (Fsp3) is 0.583. The Bertz CT molecular complexity index is 849. The fourth-order valence-corrected chi connectivity index (χ4v) is 3.44. The minimum absolute atomic E-state index is 0.0293. The van der Waals surface area contributed by atoms with Crippen LogP contribution in [-0.2, 0) is 25.6 Å². The molecule has 3 amide bonds. The summed E-state index contributed by atoms with van der Waals surface area (Å²) >= 11 is 0. The van der Waals surface area contributed by atoms with Gasteiger partial charge in [-0.05, 0) is 44.2 Å². The van der Waals surface area contributed by atoms with Gasteiger partial charge in [-0.25, -0.2) is 4.79 Å². The first-order valence-corrected chi connectivity index (χ1v) is 12.1. The van der Waals surface area contributed by atoms with E-state index in [0.29, 0.717) is 13.0 Å². The molecule has 0 radical (unpaired) electrons. The Balaban J connectivity index is 3.07. The standard InChI is InChI=1S/C24H41N7O5/c1-14(2)12-19(23(35)36)31-22(34)18(13-16-8-5-4-6-9-16)30-21(33)17(29-20(32)15(3)25)10-7-11-28-24(26)27/h4-6,8-9,14-15,17-19,24,28H,7,10-13,25-27H2,1-3H3,(H,29,32)(H,30,33)(H,31,34)(H,35,36). The van der Waals surface area contributed by atoms with Crippen LogP contribution in [0.25, 0.3) is 0 Å². The molecule has 12 heteroatoms. The summed E-state index contributed by atoms with van der Waals surface area (Å²) in [7, 11) is 0. The van der Waals surface area contributed by atoms with Crippen LogP contribution in [0.4, 0.5) is 0 Å². The van der Waals surface area contributed by atoms with Crippen LogP contribution in [-0.4, -0.2) is 65.8 Å². The molecule has 11 N–H and O–H groups in total. The molecule has 12 nitrogen and oxygen atoms in total. The number of aliphatic carboxylic acids is 1. The number of nitrogens with one attached hydrogen (secondary N) is 4. The molecule has 0 aliphatic carbocycles. The highest BCUT2D eigenvalue weighted by Gasteiger charge is 2.30. The molecule has 4 unspecified atom stereocenters. The summed E-state index contributed by atoms with van der Waals surface area (Å²) in [5.74, 6) is -2.87. The number of benzene rings is 1. The second kappa shape index (κ2) is 15.8. The number of carbonyl (C=O) groups is 4. The van der Waals surface area contributed by atoms with E-state index in [1.165, 1.54) is 6.92 Å². The van der Waals surface area contributed by atoms with Crippen molar-refractivity contribution in [2.75, 3.05) is 6.54 Å². The summed E-state index contributed by atoms with van der Waals surface area (Å²) < 4.78 is 0. The molecule has 0 saturated heterocycles. The largest absolute Gasteiger partial charge is 0.480 e. The van der Waals surface area contributed by atoms with Gasteiger partial charge in [-0.1, -0.05) is 44.2 Å². The number of carboxylic acids is 1. The summed E-state index contributed by atoms with van der Waals surface area (Å²) in [5, 5.41) is 20.2. The number of amides is 3. The van der Waals surface area contributed by atoms with Crippen LogP contribution in [0.3, 0.4) is 0 Å². The van der Waals surface area contributed by atoms with Crippen molar-refractivity contribution in [1.29, 1.82) is 0 Å². The van der Waals surface area contributed by atoms with E-state index in [-0.39, 0.29) is 25.2 Å². The van der Waals surface area contributed by atoms with Crippen LogP contribution >= 0.6 is 0 Å². The second-order valence-corrected chi connectivity index (χ2v) is 9.25. The van der Waals surface area contributed by atoms with Gasteiger partial charge in [0.15, 0.2) is 0 Å². The smallest absolute Gasteiger partial charge is 0.326 e. The maximum atomic E-state index is 13.2. The number of hydrogen-bond acceptors (Lipinski definition) is 8. The fourth-order valence-electron chi connectivity index (χ4n) is 3.44. The van der Waals surface area contributed by atoms with Crippen molar-refractivity contribution >= 4 is 23.7 Å². The SMILES string of the molecule is CC(C)CC(NC(=O)C(Cc1ccccc1)NC(=O)C(CCCNC(N)N)NC(=O)C(C)N)C(=O)O. The average Bonchev–Trinajstić information content (AvgIpc) is 2.79. The zero-order chi connectivity index (χ0) is 27.3. The topological polar surface area (TPSA) is 215 Å². The van der Waals surface area contributed by atoms with Crippen LogP contribution < -0.4 is 38.5 Å². The normalized spacial score (nSPS) is 14.6. The van der Waals surface area contributed by atoms with Crippen molar-refractivity contribution in [1.82, 2.24) is 21.3 Å². The number of carboxylic acid groups (broad SMARTS) is 1. The maximum Gasteiger partial charge on any atom is 0.326 e. The van der Waals surface area contributed by atoms with Gasteiger partial charge in [0.25, 0.3) is 0 Å². The summed E-state index contributed by atoms with van der Waals surface area (Å²) in [4.78, 5) is 50.2. The quantitative estimate of drug-likeness (QED) is 0.0987. The third kappa shape index (κ3) is 12.1. The van der Waals surface area contributed by atoms with Gasteiger partial charge in [0.1, 0.15) is 24.4 Å². The number of rotatable bonds is 16. The van der Waals surface area contributed by atoms with Gasteiger partial charge in [-0.2, -0.15) is 0 Å². The van der Waals surface area contributed by atoms with Gasteiger partial charge in [0, 0.05) is 6.42 Å². The Hall–Kier alpha value is -3.06. The predicted octanol–water partition coefficient (Wildman–Crippen LogP) is -1.27. The minimum atomic E-state index is -1.16. The molecule has 1 rings (SSSR count). The molecule has 0 saturated carbocycles. The molecule has 1 aromatic rings. The van der Waals surface area contributed by atoms with Crippen LogP contribution in [0, 0.1) is 5.92 Å². The molecule has 4 atom stereocenters. The molecule has 0 aliphatic rings. The number of hydrogen-bond donors (Lipinski definition) is 8. The second-order valence-electron chi connectivity index (χ2n) is 9.25. The highest BCUT2D eigenvalue weighted by molar-refractivity contribution is 5.94. The Morgan fingerprint density at radius 2 is 1.39 bits per heavy atom. The molecular weight excluding hydrogens is 466 g/mol. The van der Waals surface area contributed by atoms with Crippen LogP contribution in [0.1, 0.15) is 45.6 Å². The van der Waals surface area contributed by atoms with Crippen molar-refractivity contribution in [3.05, 3.63) is 35.9 Å². The first-order valence-electron chi connectivity index (χ1n) is 12.1. The van der Waals surface area contributed by atoms with Crippen molar-refractivity contribution in [2.24, 2.45) is 23.1 Å². The summed E-state index contributed by atoms with van der Waals surface area (Å²) in [6.07, 6.45) is 0.325. The van der Waals surface area contributed by atoms with E-state index in [2.05, 4.69) is 21.3 Å². The van der Waals surface area contributed by atoms with Crippen LogP contribution in [0.15, 0.2) is 30.3 Å². The third-order valence-corrected chi connectivity index (χ3v) is 5.33. The lowest BCUT2D eigenvalue weighted by molar-refractivity contribution is -0.142. The average molecular weight is 508 g/mol. The predicted molar refractivity (Wildman–Crippen MR) is 136 cm³/mol. The molecule has 0 bridgehead atoms. The van der Waals surface area contributed by atoms with Gasteiger partial charge in [-0.3, -0.25) is 19.7 Å². The van der Waals surface area contributed by atoms with Crippen LogP contribution in [0.5, 0.6) is 0 Å². The third-order valence-electron chi connectivity index (χ3n) is 5.33.